The first-order valence-corrected chi connectivity index (χ1v) is 11.8. The van der Waals surface area contributed by atoms with E-state index in [2.05, 4.69) is 4.98 Å². The Kier molecular flexibility index (Phi) is 6.85. The summed E-state index contributed by atoms with van der Waals surface area (Å²) in [5.41, 5.74) is 1.71. The number of carboxylic acids is 1. The van der Waals surface area contributed by atoms with Crippen molar-refractivity contribution in [3.8, 4) is 22.6 Å². The highest BCUT2D eigenvalue weighted by molar-refractivity contribution is 6.34. The number of aromatic nitrogens is 1. The molecule has 1 amide bonds. The summed E-state index contributed by atoms with van der Waals surface area (Å²) < 4.78 is 17.2. The van der Waals surface area contributed by atoms with E-state index in [4.69, 9.17) is 25.8 Å². The summed E-state index contributed by atoms with van der Waals surface area (Å²) in [6.45, 7) is 6.49. The third-order valence-corrected chi connectivity index (χ3v) is 6.22. The van der Waals surface area contributed by atoms with Crippen molar-refractivity contribution in [2.24, 2.45) is 0 Å². The highest BCUT2D eigenvalue weighted by atomic mass is 35.5. The van der Waals surface area contributed by atoms with Gasteiger partial charge in [-0.25, -0.2) is 9.59 Å². The van der Waals surface area contributed by atoms with Crippen LogP contribution in [-0.2, 0) is 4.74 Å². The van der Waals surface area contributed by atoms with Gasteiger partial charge >= 0.3 is 12.1 Å². The molecule has 186 valence electrons. The van der Waals surface area contributed by atoms with Crippen molar-refractivity contribution in [2.75, 3.05) is 20.3 Å². The van der Waals surface area contributed by atoms with E-state index >= 15 is 0 Å². The number of carboxylic acid groups (broad SMARTS) is 1. The van der Waals surface area contributed by atoms with Gasteiger partial charge in [0.1, 0.15) is 12.2 Å². The molecule has 2 aromatic carbocycles. The van der Waals surface area contributed by atoms with Gasteiger partial charge in [0, 0.05) is 29.2 Å². The van der Waals surface area contributed by atoms with Gasteiger partial charge in [-0.15, -0.1) is 0 Å². The van der Waals surface area contributed by atoms with Crippen LogP contribution in [0.5, 0.6) is 11.5 Å². The molecule has 9 heteroatoms. The van der Waals surface area contributed by atoms with E-state index < -0.39 is 11.6 Å². The molecule has 35 heavy (non-hydrogen) atoms. The molecule has 1 aromatic heterocycles. The number of fused-ring (bicyclic) bond motifs is 1. The highest BCUT2D eigenvalue weighted by Gasteiger charge is 2.32. The normalized spacial score (nSPS) is 15.9. The fraction of sp³-hybridized carbons (Fsp3) is 0.385. The van der Waals surface area contributed by atoms with Crippen LogP contribution in [0.1, 0.15) is 44.0 Å². The van der Waals surface area contributed by atoms with Crippen molar-refractivity contribution in [1.29, 1.82) is 0 Å². The maximum Gasteiger partial charge on any atom is 0.410 e. The Hall–Kier alpha value is -3.39. The molecule has 1 aliphatic rings. The number of carbonyl (C=O) groups excluding carboxylic acids is 1. The lowest BCUT2D eigenvalue weighted by Crippen LogP contribution is -2.42. The van der Waals surface area contributed by atoms with Crippen molar-refractivity contribution in [2.45, 2.75) is 45.3 Å². The van der Waals surface area contributed by atoms with E-state index in [9.17, 15) is 14.7 Å². The number of hydrogen-bond acceptors (Lipinski definition) is 5. The van der Waals surface area contributed by atoms with E-state index in [1.54, 1.807) is 36.3 Å². The van der Waals surface area contributed by atoms with Crippen LogP contribution in [0.2, 0.25) is 5.02 Å². The lowest BCUT2D eigenvalue weighted by atomic mass is 10.0. The standard InChI is InChI=1S/C26H29ClN2O6/c1-26(2,3)35-25(32)29-9-5-6-16(29)14-34-22-8-7-15(10-23(22)33-4)17-11-18-19(24(30)31)13-28-21(18)12-20(17)27/h7-8,10-13,16,28H,5-6,9,14H2,1-4H3,(H,30,31). The lowest BCUT2D eigenvalue weighted by molar-refractivity contribution is 0.0186. The quantitative estimate of drug-likeness (QED) is 0.432. The molecule has 0 spiro atoms. The molecule has 0 aliphatic carbocycles. The van der Waals surface area contributed by atoms with Crippen LogP contribution >= 0.6 is 11.6 Å². The zero-order valence-electron chi connectivity index (χ0n) is 20.2. The molecule has 2 heterocycles. The number of hydrogen-bond donors (Lipinski definition) is 2. The van der Waals surface area contributed by atoms with Crippen LogP contribution in [-0.4, -0.2) is 59.0 Å². The Labute approximate surface area is 208 Å². The van der Waals surface area contributed by atoms with Crippen molar-refractivity contribution < 1.29 is 28.9 Å². The number of aromatic carboxylic acids is 1. The molecular weight excluding hydrogens is 472 g/mol. The smallest absolute Gasteiger partial charge is 0.410 e. The summed E-state index contributed by atoms with van der Waals surface area (Å²) >= 11 is 6.51. The molecule has 2 N–H and O–H groups in total. The Morgan fingerprint density at radius 1 is 1.20 bits per heavy atom. The van der Waals surface area contributed by atoms with Gasteiger partial charge < -0.3 is 29.2 Å². The predicted octanol–water partition coefficient (Wildman–Crippen LogP) is 5.97. The van der Waals surface area contributed by atoms with Gasteiger partial charge in [0.2, 0.25) is 0 Å². The Bertz CT molecular complexity index is 1260. The van der Waals surface area contributed by atoms with Crippen LogP contribution in [0.15, 0.2) is 36.5 Å². The van der Waals surface area contributed by atoms with Crippen molar-refractivity contribution in [1.82, 2.24) is 9.88 Å². The molecule has 3 aromatic rings. The average Bonchev–Trinajstić information content (AvgIpc) is 3.42. The molecule has 1 atom stereocenters. The van der Waals surface area contributed by atoms with Crippen LogP contribution in [0.4, 0.5) is 4.79 Å². The third-order valence-electron chi connectivity index (χ3n) is 5.91. The summed E-state index contributed by atoms with van der Waals surface area (Å²) in [6.07, 6.45) is 2.84. The number of likely N-dealkylation sites (tertiary alicyclic amines) is 1. The van der Waals surface area contributed by atoms with Gasteiger partial charge in [-0.3, -0.25) is 0 Å². The van der Waals surface area contributed by atoms with Gasteiger partial charge in [-0.1, -0.05) is 17.7 Å². The molecule has 1 aliphatic heterocycles. The predicted molar refractivity (Wildman–Crippen MR) is 134 cm³/mol. The molecule has 0 bridgehead atoms. The molecule has 0 saturated carbocycles. The second kappa shape index (κ2) is 9.70. The van der Waals surface area contributed by atoms with Crippen LogP contribution in [0.25, 0.3) is 22.0 Å². The van der Waals surface area contributed by atoms with Crippen molar-refractivity contribution in [3.05, 3.63) is 47.1 Å². The molecule has 4 rings (SSSR count). The van der Waals surface area contributed by atoms with E-state index in [0.717, 1.165) is 18.4 Å². The number of carbonyl (C=O) groups is 2. The Morgan fingerprint density at radius 2 is 1.97 bits per heavy atom. The highest BCUT2D eigenvalue weighted by Crippen LogP contribution is 2.38. The minimum Gasteiger partial charge on any atom is -0.493 e. The molecule has 1 unspecified atom stereocenters. The van der Waals surface area contributed by atoms with Gasteiger partial charge in [0.15, 0.2) is 11.5 Å². The fourth-order valence-electron chi connectivity index (χ4n) is 4.25. The second-order valence-electron chi connectivity index (χ2n) is 9.53. The summed E-state index contributed by atoms with van der Waals surface area (Å²) in [7, 11) is 1.55. The van der Waals surface area contributed by atoms with Gasteiger partial charge in [-0.05, 0) is 63.4 Å². The van der Waals surface area contributed by atoms with E-state index in [1.165, 1.54) is 6.20 Å². The van der Waals surface area contributed by atoms with Crippen LogP contribution in [0, 0.1) is 0 Å². The number of ether oxygens (including phenoxy) is 3. The number of amides is 1. The van der Waals surface area contributed by atoms with Gasteiger partial charge in [-0.2, -0.15) is 0 Å². The summed E-state index contributed by atoms with van der Waals surface area (Å²) in [4.78, 5) is 28.8. The maximum absolute atomic E-state index is 12.6. The number of nitrogens with zero attached hydrogens (tertiary/aromatic N) is 1. The van der Waals surface area contributed by atoms with Gasteiger partial charge in [0.25, 0.3) is 0 Å². The fourth-order valence-corrected chi connectivity index (χ4v) is 4.52. The number of benzene rings is 2. The largest absolute Gasteiger partial charge is 0.493 e. The topological polar surface area (TPSA) is 101 Å². The SMILES string of the molecule is COc1cc(-c2cc3c(C(=O)O)c[nH]c3cc2Cl)ccc1OCC1CCCN1C(=O)OC(C)(C)C. The van der Waals surface area contributed by atoms with E-state index in [1.807, 2.05) is 26.8 Å². The summed E-state index contributed by atoms with van der Waals surface area (Å²) in [5.74, 6) is 0.0311. The number of rotatable bonds is 6. The Balaban J connectivity index is 1.54. The van der Waals surface area contributed by atoms with E-state index in [-0.39, 0.29) is 17.7 Å². The second-order valence-corrected chi connectivity index (χ2v) is 9.94. The monoisotopic (exact) mass is 500 g/mol. The first-order valence-electron chi connectivity index (χ1n) is 11.4. The number of aromatic amines is 1. The number of methoxy groups -OCH3 is 1. The molecular formula is C26H29ClN2O6. The summed E-state index contributed by atoms with van der Waals surface area (Å²) in [6, 6.07) is 8.81. The Morgan fingerprint density at radius 3 is 2.66 bits per heavy atom. The molecule has 8 nitrogen and oxygen atoms in total. The third kappa shape index (κ3) is 5.32. The zero-order valence-corrected chi connectivity index (χ0v) is 20.9. The van der Waals surface area contributed by atoms with Crippen molar-refractivity contribution in [3.63, 3.8) is 0 Å². The number of nitrogens with one attached hydrogen (secondary N) is 1. The van der Waals surface area contributed by atoms with Crippen molar-refractivity contribution >= 4 is 34.6 Å². The van der Waals surface area contributed by atoms with E-state index in [0.29, 0.717) is 46.1 Å². The first kappa shape index (κ1) is 24.7. The number of halogens is 1. The first-order chi connectivity index (χ1) is 16.6. The molecule has 1 fully saturated rings. The van der Waals surface area contributed by atoms with Gasteiger partial charge in [0.05, 0.1) is 23.7 Å². The van der Waals surface area contributed by atoms with Crippen LogP contribution < -0.4 is 9.47 Å². The molecule has 0 radical (unpaired) electrons. The minimum atomic E-state index is -1.02. The lowest BCUT2D eigenvalue weighted by Gasteiger charge is -2.28. The van der Waals surface area contributed by atoms with Crippen LogP contribution in [0.3, 0.4) is 0 Å². The zero-order chi connectivity index (χ0) is 25.3. The maximum atomic E-state index is 12.6. The number of H-pyrrole nitrogens is 1. The minimum absolute atomic E-state index is 0.0888. The average molecular weight is 501 g/mol. The summed E-state index contributed by atoms with van der Waals surface area (Å²) in [5, 5.41) is 10.5. The molecule has 1 saturated heterocycles.